The molecule has 2 N–H and O–H groups in total. The maximum atomic E-state index is 12.7. The van der Waals surface area contributed by atoms with Crippen LogP contribution in [0.25, 0.3) is 0 Å². The van der Waals surface area contributed by atoms with Gasteiger partial charge in [-0.1, -0.05) is 0 Å². The Labute approximate surface area is 133 Å². The molecule has 1 saturated heterocycles. The normalized spacial score (nSPS) is 17.0. The first-order valence-corrected chi connectivity index (χ1v) is 7.62. The van der Waals surface area contributed by atoms with E-state index in [1.54, 1.807) is 0 Å². The van der Waals surface area contributed by atoms with Crippen LogP contribution in [0.5, 0.6) is 0 Å². The van der Waals surface area contributed by atoms with Crippen molar-refractivity contribution in [1.82, 2.24) is 4.90 Å². The van der Waals surface area contributed by atoms with E-state index in [1.807, 2.05) is 6.07 Å². The van der Waals surface area contributed by atoms with Crippen LogP contribution in [0.4, 0.5) is 18.9 Å². The summed E-state index contributed by atoms with van der Waals surface area (Å²) in [5.41, 5.74) is -0.354. The second-order valence-electron chi connectivity index (χ2n) is 5.76. The van der Waals surface area contributed by atoms with Crippen LogP contribution in [0.3, 0.4) is 0 Å². The summed E-state index contributed by atoms with van der Waals surface area (Å²) in [7, 11) is 0. The number of rotatable bonds is 5. The van der Waals surface area contributed by atoms with Crippen LogP contribution in [-0.4, -0.2) is 42.8 Å². The molecule has 1 aliphatic rings. The third kappa shape index (κ3) is 4.85. The second kappa shape index (κ2) is 7.66. The summed E-state index contributed by atoms with van der Waals surface area (Å²) >= 11 is 0. The van der Waals surface area contributed by atoms with Crippen LogP contribution < -0.4 is 5.32 Å². The van der Waals surface area contributed by atoms with Gasteiger partial charge in [0.05, 0.1) is 23.4 Å². The molecule has 7 heteroatoms. The molecule has 1 fully saturated rings. The van der Waals surface area contributed by atoms with Gasteiger partial charge in [-0.2, -0.15) is 18.4 Å². The molecule has 0 saturated carbocycles. The first-order valence-electron chi connectivity index (χ1n) is 7.62. The molecule has 0 amide bonds. The van der Waals surface area contributed by atoms with E-state index in [0.717, 1.165) is 38.1 Å². The fourth-order valence-electron chi connectivity index (χ4n) is 2.78. The maximum absolute atomic E-state index is 12.7. The zero-order chi connectivity index (χ0) is 16.9. The Kier molecular flexibility index (Phi) is 5.85. The number of halogens is 3. The molecule has 23 heavy (non-hydrogen) atoms. The summed E-state index contributed by atoms with van der Waals surface area (Å²) in [4.78, 5) is 2.19. The van der Waals surface area contributed by atoms with Gasteiger partial charge in [0.15, 0.2) is 0 Å². The van der Waals surface area contributed by atoms with Gasteiger partial charge in [-0.15, -0.1) is 0 Å². The monoisotopic (exact) mass is 327 g/mol. The van der Waals surface area contributed by atoms with E-state index in [0.29, 0.717) is 24.7 Å². The Morgan fingerprint density at radius 1 is 1.30 bits per heavy atom. The fourth-order valence-corrected chi connectivity index (χ4v) is 2.78. The standard InChI is InChI=1S/C16H20F3N3O/c17-16(18,19)14-1-2-15(13(9-14)10-20)21-11-12-3-5-22(6-4-12)7-8-23/h1-2,9,12,21,23H,3-8,11H2. The number of hydrogen-bond acceptors (Lipinski definition) is 4. The lowest BCUT2D eigenvalue weighted by Crippen LogP contribution is -2.37. The van der Waals surface area contributed by atoms with E-state index in [-0.39, 0.29) is 12.2 Å². The lowest BCUT2D eigenvalue weighted by Gasteiger charge is -2.31. The second-order valence-corrected chi connectivity index (χ2v) is 5.76. The number of hydrogen-bond donors (Lipinski definition) is 2. The van der Waals surface area contributed by atoms with Gasteiger partial charge in [-0.3, -0.25) is 0 Å². The first-order chi connectivity index (χ1) is 10.9. The van der Waals surface area contributed by atoms with Crippen LogP contribution in [0, 0.1) is 17.2 Å². The highest BCUT2D eigenvalue weighted by atomic mass is 19.4. The predicted octanol–water partition coefficient (Wildman–Crippen LogP) is 2.69. The fraction of sp³-hybridized carbons (Fsp3) is 0.562. The van der Waals surface area contributed by atoms with Crippen LogP contribution >= 0.6 is 0 Å². The number of nitriles is 1. The highest BCUT2D eigenvalue weighted by molar-refractivity contribution is 5.59. The molecule has 0 radical (unpaired) electrons. The van der Waals surface area contributed by atoms with Gasteiger partial charge in [0.1, 0.15) is 6.07 Å². The van der Waals surface area contributed by atoms with Crippen molar-refractivity contribution in [2.45, 2.75) is 19.0 Å². The Morgan fingerprint density at radius 3 is 2.57 bits per heavy atom. The predicted molar refractivity (Wildman–Crippen MR) is 80.9 cm³/mol. The minimum absolute atomic E-state index is 0.0116. The number of β-amino-alcohol motifs (C(OH)–C–C–N with tert-alkyl or cyclic N) is 1. The molecular formula is C16H20F3N3O. The molecule has 126 valence electrons. The van der Waals surface area contributed by atoms with Gasteiger partial charge >= 0.3 is 6.18 Å². The molecule has 0 bridgehead atoms. The topological polar surface area (TPSA) is 59.3 Å². The van der Waals surface area contributed by atoms with Gasteiger partial charge in [0, 0.05) is 13.1 Å². The van der Waals surface area contributed by atoms with Crippen LogP contribution in [0.2, 0.25) is 0 Å². The van der Waals surface area contributed by atoms with Gasteiger partial charge in [-0.05, 0) is 50.0 Å². The summed E-state index contributed by atoms with van der Waals surface area (Å²) in [5, 5.41) is 21.1. The smallest absolute Gasteiger partial charge is 0.395 e. The van der Waals surface area contributed by atoms with E-state index in [4.69, 9.17) is 10.4 Å². The molecular weight excluding hydrogens is 307 g/mol. The number of piperidine rings is 1. The minimum Gasteiger partial charge on any atom is -0.395 e. The maximum Gasteiger partial charge on any atom is 0.416 e. The van der Waals surface area contributed by atoms with E-state index in [2.05, 4.69) is 10.2 Å². The largest absolute Gasteiger partial charge is 0.416 e. The van der Waals surface area contributed by atoms with Crippen LogP contribution in [0.15, 0.2) is 18.2 Å². The van der Waals surface area contributed by atoms with E-state index < -0.39 is 11.7 Å². The number of benzene rings is 1. The number of nitrogens with zero attached hydrogens (tertiary/aromatic N) is 2. The average molecular weight is 327 g/mol. The lowest BCUT2D eigenvalue weighted by molar-refractivity contribution is -0.137. The highest BCUT2D eigenvalue weighted by Gasteiger charge is 2.31. The van der Waals surface area contributed by atoms with Crippen LogP contribution in [-0.2, 0) is 6.18 Å². The SMILES string of the molecule is N#Cc1cc(C(F)(F)F)ccc1NCC1CCN(CCO)CC1. The molecule has 0 atom stereocenters. The third-order valence-corrected chi connectivity index (χ3v) is 4.17. The summed E-state index contributed by atoms with van der Waals surface area (Å²) < 4.78 is 38.0. The molecule has 2 rings (SSSR count). The molecule has 0 unspecified atom stereocenters. The zero-order valence-electron chi connectivity index (χ0n) is 12.7. The van der Waals surface area contributed by atoms with Crippen LogP contribution in [0.1, 0.15) is 24.0 Å². The third-order valence-electron chi connectivity index (χ3n) is 4.17. The number of likely N-dealkylation sites (tertiary alicyclic amines) is 1. The molecule has 1 aliphatic heterocycles. The highest BCUT2D eigenvalue weighted by Crippen LogP contribution is 2.31. The average Bonchev–Trinajstić information content (AvgIpc) is 2.53. The Balaban J connectivity index is 1.93. The molecule has 1 heterocycles. The molecule has 4 nitrogen and oxygen atoms in total. The Morgan fingerprint density at radius 2 is 2.00 bits per heavy atom. The van der Waals surface area contributed by atoms with E-state index in [9.17, 15) is 13.2 Å². The molecule has 0 spiro atoms. The number of nitrogens with one attached hydrogen (secondary N) is 1. The van der Waals surface area contributed by atoms with Crippen molar-refractivity contribution in [2.75, 3.05) is 38.1 Å². The van der Waals surface area contributed by atoms with Crippen molar-refractivity contribution in [3.05, 3.63) is 29.3 Å². The van der Waals surface area contributed by atoms with Gasteiger partial charge in [0.25, 0.3) is 0 Å². The van der Waals surface area contributed by atoms with Gasteiger partial charge < -0.3 is 15.3 Å². The Bertz CT molecular complexity index is 561. The summed E-state index contributed by atoms with van der Waals surface area (Å²) in [6.07, 6.45) is -2.51. The van der Waals surface area contributed by atoms with E-state index in [1.165, 1.54) is 6.07 Å². The van der Waals surface area contributed by atoms with E-state index >= 15 is 0 Å². The molecule has 1 aromatic carbocycles. The summed E-state index contributed by atoms with van der Waals surface area (Å²) in [6, 6.07) is 5.02. The molecule has 1 aromatic rings. The van der Waals surface area contributed by atoms with Crippen molar-refractivity contribution in [3.63, 3.8) is 0 Å². The zero-order valence-corrected chi connectivity index (χ0v) is 12.7. The van der Waals surface area contributed by atoms with Crippen molar-refractivity contribution in [3.8, 4) is 6.07 Å². The van der Waals surface area contributed by atoms with Gasteiger partial charge in [-0.25, -0.2) is 0 Å². The quantitative estimate of drug-likeness (QED) is 0.873. The number of aliphatic hydroxyl groups is 1. The van der Waals surface area contributed by atoms with Crippen molar-refractivity contribution in [1.29, 1.82) is 5.26 Å². The van der Waals surface area contributed by atoms with Crippen molar-refractivity contribution in [2.24, 2.45) is 5.92 Å². The van der Waals surface area contributed by atoms with Crippen molar-refractivity contribution < 1.29 is 18.3 Å². The summed E-state index contributed by atoms with van der Waals surface area (Å²) in [5.74, 6) is 0.416. The number of aliphatic hydroxyl groups excluding tert-OH is 1. The number of alkyl halides is 3. The summed E-state index contributed by atoms with van der Waals surface area (Å²) in [6.45, 7) is 3.28. The lowest BCUT2D eigenvalue weighted by atomic mass is 9.96. The van der Waals surface area contributed by atoms with Crippen molar-refractivity contribution >= 4 is 5.69 Å². The number of anilines is 1. The Hall–Kier alpha value is -1.78. The molecule has 0 aliphatic carbocycles. The van der Waals surface area contributed by atoms with Gasteiger partial charge in [0.2, 0.25) is 0 Å². The molecule has 0 aromatic heterocycles. The minimum atomic E-state index is -4.44. The first kappa shape index (κ1) is 17.6.